The number of nitrogens with zero attached hydrogens (tertiary/aromatic N) is 1. The maximum atomic E-state index is 8.66. The number of hydrogen-bond donors (Lipinski definition) is 3. The molecule has 0 aliphatic carbocycles. The molecule has 0 unspecified atom stereocenters. The summed E-state index contributed by atoms with van der Waals surface area (Å²) in [5.41, 5.74) is 1.71. The van der Waals surface area contributed by atoms with Crippen molar-refractivity contribution in [3.05, 3.63) is 23.9 Å². The summed E-state index contributed by atoms with van der Waals surface area (Å²) in [7, 11) is -1.79. The zero-order valence-electron chi connectivity index (χ0n) is 7.56. The van der Waals surface area contributed by atoms with E-state index in [-0.39, 0.29) is 0 Å². The first-order chi connectivity index (χ1) is 6.68. The minimum Gasteiger partial charge on any atom is -0.512 e. The summed E-state index contributed by atoms with van der Waals surface area (Å²) in [4.78, 5) is 0. The first kappa shape index (κ1) is 9.05. The van der Waals surface area contributed by atoms with Crippen LogP contribution < -0.4 is 4.65 Å². The first-order valence-corrected chi connectivity index (χ1v) is 4.14. The predicted octanol–water partition coefficient (Wildman–Crippen LogP) is 0.220. The predicted molar refractivity (Wildman–Crippen MR) is 51.7 cm³/mol. The number of benzene rings is 1. The number of rotatable bonds is 2. The van der Waals surface area contributed by atoms with E-state index >= 15 is 0 Å². The number of aromatic amines is 1. The number of H-pyrrole nitrogens is 1. The second-order valence-electron chi connectivity index (χ2n) is 2.96. The maximum Gasteiger partial charge on any atom is 0.707 e. The zero-order chi connectivity index (χ0) is 10.1. The van der Waals surface area contributed by atoms with Gasteiger partial charge in [0.05, 0.1) is 11.7 Å². The van der Waals surface area contributed by atoms with E-state index in [9.17, 15) is 0 Å². The maximum absolute atomic E-state index is 8.66. The van der Waals surface area contributed by atoms with Gasteiger partial charge in [-0.1, -0.05) is 0 Å². The molecular formula is C8H9BN2O3. The van der Waals surface area contributed by atoms with Crippen molar-refractivity contribution in [3.63, 3.8) is 0 Å². The van der Waals surface area contributed by atoms with Crippen LogP contribution in [0.5, 0.6) is 5.75 Å². The fourth-order valence-corrected chi connectivity index (χ4v) is 1.38. The minimum atomic E-state index is -1.79. The van der Waals surface area contributed by atoms with Crippen LogP contribution in [-0.4, -0.2) is 27.6 Å². The number of hydrogen-bond acceptors (Lipinski definition) is 4. The number of aromatic nitrogens is 2. The molecular weight excluding hydrogens is 183 g/mol. The Labute approximate surface area is 80.5 Å². The summed E-state index contributed by atoms with van der Waals surface area (Å²) in [6, 6.07) is 3.43. The van der Waals surface area contributed by atoms with Crippen LogP contribution in [0.3, 0.4) is 0 Å². The van der Waals surface area contributed by atoms with Gasteiger partial charge in [0.1, 0.15) is 5.75 Å². The molecule has 1 aromatic heterocycles. The van der Waals surface area contributed by atoms with E-state index in [1.54, 1.807) is 18.3 Å². The van der Waals surface area contributed by atoms with Crippen LogP contribution in [0.1, 0.15) is 5.56 Å². The van der Waals surface area contributed by atoms with Crippen LogP contribution in [-0.2, 0) is 0 Å². The lowest BCUT2D eigenvalue weighted by Crippen LogP contribution is -2.21. The van der Waals surface area contributed by atoms with E-state index in [1.807, 2.05) is 6.92 Å². The third-order valence-corrected chi connectivity index (χ3v) is 2.08. The van der Waals surface area contributed by atoms with Crippen molar-refractivity contribution in [1.82, 2.24) is 10.2 Å². The highest BCUT2D eigenvalue weighted by molar-refractivity contribution is 6.33. The van der Waals surface area contributed by atoms with Crippen LogP contribution in [0.4, 0.5) is 0 Å². The summed E-state index contributed by atoms with van der Waals surface area (Å²) < 4.78 is 4.79. The smallest absolute Gasteiger partial charge is 0.512 e. The van der Waals surface area contributed by atoms with Crippen LogP contribution >= 0.6 is 0 Å². The molecule has 2 rings (SSSR count). The van der Waals surface area contributed by atoms with Crippen LogP contribution in [0.2, 0.25) is 0 Å². The molecule has 72 valence electrons. The van der Waals surface area contributed by atoms with Crippen molar-refractivity contribution in [2.75, 3.05) is 0 Å². The van der Waals surface area contributed by atoms with Gasteiger partial charge in [0.15, 0.2) is 0 Å². The molecule has 2 aromatic rings. The molecule has 0 spiro atoms. The Morgan fingerprint density at radius 3 is 2.93 bits per heavy atom. The molecule has 0 atom stereocenters. The molecule has 0 radical (unpaired) electrons. The number of fused-ring (bicyclic) bond motifs is 1. The Morgan fingerprint density at radius 2 is 2.21 bits per heavy atom. The molecule has 0 saturated heterocycles. The fraction of sp³-hybridized carbons (Fsp3) is 0.125. The Bertz CT molecular complexity index is 455. The van der Waals surface area contributed by atoms with Crippen molar-refractivity contribution in [3.8, 4) is 5.75 Å². The monoisotopic (exact) mass is 192 g/mol. The average Bonchev–Trinajstić information content (AvgIpc) is 2.57. The molecule has 6 heteroatoms. The van der Waals surface area contributed by atoms with Crippen molar-refractivity contribution in [2.24, 2.45) is 0 Å². The Balaban J connectivity index is 2.51. The van der Waals surface area contributed by atoms with Crippen molar-refractivity contribution < 1.29 is 14.7 Å². The Morgan fingerprint density at radius 1 is 1.43 bits per heavy atom. The molecule has 1 aromatic carbocycles. The molecule has 0 fully saturated rings. The van der Waals surface area contributed by atoms with Crippen molar-refractivity contribution in [1.29, 1.82) is 0 Å². The zero-order valence-corrected chi connectivity index (χ0v) is 7.56. The third-order valence-electron chi connectivity index (χ3n) is 2.08. The molecule has 0 amide bonds. The highest BCUT2D eigenvalue weighted by Crippen LogP contribution is 2.25. The first-order valence-electron chi connectivity index (χ1n) is 4.14. The van der Waals surface area contributed by atoms with Gasteiger partial charge in [-0.15, -0.1) is 0 Å². The topological polar surface area (TPSA) is 78.4 Å². The molecule has 3 N–H and O–H groups in total. The second kappa shape index (κ2) is 3.32. The molecule has 5 nitrogen and oxygen atoms in total. The molecule has 0 aliphatic heterocycles. The van der Waals surface area contributed by atoms with Crippen molar-refractivity contribution in [2.45, 2.75) is 6.92 Å². The third kappa shape index (κ3) is 1.45. The van der Waals surface area contributed by atoms with Gasteiger partial charge in [0.25, 0.3) is 0 Å². The van der Waals surface area contributed by atoms with E-state index in [0.29, 0.717) is 5.75 Å². The molecule has 14 heavy (non-hydrogen) atoms. The second-order valence-corrected chi connectivity index (χ2v) is 2.96. The quantitative estimate of drug-likeness (QED) is 0.594. The van der Waals surface area contributed by atoms with E-state index < -0.39 is 7.32 Å². The molecule has 1 heterocycles. The Kier molecular flexibility index (Phi) is 2.15. The molecule has 0 saturated carbocycles. The van der Waals surface area contributed by atoms with Gasteiger partial charge >= 0.3 is 7.32 Å². The van der Waals surface area contributed by atoms with E-state index in [0.717, 1.165) is 16.5 Å². The summed E-state index contributed by atoms with van der Waals surface area (Å²) in [5.74, 6) is 0.439. The van der Waals surface area contributed by atoms with Crippen molar-refractivity contribution >= 4 is 18.2 Å². The summed E-state index contributed by atoms with van der Waals surface area (Å²) in [6.07, 6.45) is 1.67. The van der Waals surface area contributed by atoms with E-state index in [1.165, 1.54) is 0 Å². The van der Waals surface area contributed by atoms with Crippen LogP contribution in [0.15, 0.2) is 18.3 Å². The standard InChI is InChI=1S/C8H9BN2O3/c1-5-6-4-10-11-7(6)2-3-8(5)14-9(12)13/h2-4,12-13H,1H3,(H,10,11). The lowest BCUT2D eigenvalue weighted by atomic mass is 10.1. The highest BCUT2D eigenvalue weighted by atomic mass is 16.6. The largest absolute Gasteiger partial charge is 0.707 e. The van der Waals surface area contributed by atoms with Gasteiger partial charge in [0, 0.05) is 10.9 Å². The summed E-state index contributed by atoms with van der Waals surface area (Å²) in [5, 5.41) is 24.9. The summed E-state index contributed by atoms with van der Waals surface area (Å²) in [6.45, 7) is 1.83. The molecule has 0 bridgehead atoms. The lowest BCUT2D eigenvalue weighted by molar-refractivity contribution is 0.287. The van der Waals surface area contributed by atoms with E-state index in [2.05, 4.69) is 10.2 Å². The van der Waals surface area contributed by atoms with Gasteiger partial charge < -0.3 is 14.7 Å². The average molecular weight is 192 g/mol. The van der Waals surface area contributed by atoms with Gasteiger partial charge in [-0.05, 0) is 19.1 Å². The fourth-order valence-electron chi connectivity index (χ4n) is 1.38. The number of nitrogens with one attached hydrogen (secondary N) is 1. The Hall–Kier alpha value is -1.53. The summed E-state index contributed by atoms with van der Waals surface area (Å²) >= 11 is 0. The number of aryl methyl sites for hydroxylation is 1. The van der Waals surface area contributed by atoms with Gasteiger partial charge in [-0.3, -0.25) is 5.10 Å². The minimum absolute atomic E-state index is 0.439. The molecule has 0 aliphatic rings. The van der Waals surface area contributed by atoms with Gasteiger partial charge in [-0.25, -0.2) is 0 Å². The van der Waals surface area contributed by atoms with Gasteiger partial charge in [0.2, 0.25) is 0 Å². The normalized spacial score (nSPS) is 10.5. The lowest BCUT2D eigenvalue weighted by Gasteiger charge is -2.07. The highest BCUT2D eigenvalue weighted by Gasteiger charge is 2.14. The van der Waals surface area contributed by atoms with Crippen LogP contribution in [0.25, 0.3) is 10.9 Å². The van der Waals surface area contributed by atoms with Gasteiger partial charge in [-0.2, -0.15) is 5.10 Å². The SMILES string of the molecule is Cc1c(OB(O)O)ccc2[nH]ncc12. The van der Waals surface area contributed by atoms with Crippen LogP contribution in [0, 0.1) is 6.92 Å². The van der Waals surface area contributed by atoms with E-state index in [4.69, 9.17) is 14.7 Å².